The predicted octanol–water partition coefficient (Wildman–Crippen LogP) is 0.972. The highest BCUT2D eigenvalue weighted by molar-refractivity contribution is 5.83. The third-order valence-electron chi connectivity index (χ3n) is 2.12. The first-order chi connectivity index (χ1) is 7.07. The van der Waals surface area contributed by atoms with Gasteiger partial charge in [-0.25, -0.2) is 4.79 Å². The second-order valence-corrected chi connectivity index (χ2v) is 3.07. The van der Waals surface area contributed by atoms with Crippen LogP contribution in [0, 0.1) is 0 Å². The zero-order valence-electron chi connectivity index (χ0n) is 8.89. The van der Waals surface area contributed by atoms with E-state index >= 15 is 0 Å². The monoisotopic (exact) mass is 211 g/mol. The van der Waals surface area contributed by atoms with Crippen LogP contribution in [0.5, 0.6) is 0 Å². The molecule has 0 saturated carbocycles. The Labute approximate surface area is 87.6 Å². The number of methoxy groups -OCH3 is 1. The molecular formula is C10H13NO4. The van der Waals surface area contributed by atoms with Gasteiger partial charge in [0, 0.05) is 14.0 Å². The third kappa shape index (κ3) is 2.37. The zero-order valence-corrected chi connectivity index (χ0v) is 8.89. The highest BCUT2D eigenvalue weighted by Crippen LogP contribution is 2.21. The van der Waals surface area contributed by atoms with Gasteiger partial charge < -0.3 is 14.1 Å². The smallest absolute Gasteiger partial charge is 0.336 e. The SMILES string of the molecule is COC(=O)C(c1ccco1)N(C)C(C)=O. The number of furan rings is 1. The molecule has 0 spiro atoms. The predicted molar refractivity (Wildman–Crippen MR) is 51.9 cm³/mol. The van der Waals surface area contributed by atoms with E-state index in [0.717, 1.165) is 0 Å². The summed E-state index contributed by atoms with van der Waals surface area (Å²) in [5.41, 5.74) is 0. The van der Waals surface area contributed by atoms with E-state index in [-0.39, 0.29) is 5.91 Å². The second-order valence-electron chi connectivity index (χ2n) is 3.07. The maximum Gasteiger partial charge on any atom is 0.336 e. The Hall–Kier alpha value is -1.78. The van der Waals surface area contributed by atoms with Crippen molar-refractivity contribution in [1.29, 1.82) is 0 Å². The summed E-state index contributed by atoms with van der Waals surface area (Å²) in [6.07, 6.45) is 1.44. The molecule has 0 aromatic carbocycles. The van der Waals surface area contributed by atoms with Crippen LogP contribution >= 0.6 is 0 Å². The summed E-state index contributed by atoms with van der Waals surface area (Å²) in [5, 5.41) is 0. The van der Waals surface area contributed by atoms with Gasteiger partial charge in [0.2, 0.25) is 5.91 Å². The van der Waals surface area contributed by atoms with Crippen molar-refractivity contribution in [3.8, 4) is 0 Å². The van der Waals surface area contributed by atoms with Crippen LogP contribution in [-0.4, -0.2) is 30.9 Å². The van der Waals surface area contributed by atoms with Gasteiger partial charge in [0.05, 0.1) is 13.4 Å². The minimum absolute atomic E-state index is 0.234. The largest absolute Gasteiger partial charge is 0.467 e. The first kappa shape index (κ1) is 11.3. The third-order valence-corrected chi connectivity index (χ3v) is 2.12. The number of carbonyl (C=O) groups excluding carboxylic acids is 2. The number of ether oxygens (including phenoxy) is 1. The summed E-state index contributed by atoms with van der Waals surface area (Å²) in [4.78, 5) is 23.9. The van der Waals surface area contributed by atoms with Crippen molar-refractivity contribution in [2.45, 2.75) is 13.0 Å². The lowest BCUT2D eigenvalue weighted by atomic mass is 10.2. The Morgan fingerprint density at radius 1 is 1.53 bits per heavy atom. The maximum absolute atomic E-state index is 11.5. The lowest BCUT2D eigenvalue weighted by molar-refractivity contribution is -0.152. The second kappa shape index (κ2) is 4.63. The van der Waals surface area contributed by atoms with Crippen LogP contribution in [0.25, 0.3) is 0 Å². The molecule has 0 fully saturated rings. The molecule has 0 saturated heterocycles. The van der Waals surface area contributed by atoms with Crippen LogP contribution in [0.4, 0.5) is 0 Å². The van der Waals surface area contributed by atoms with Gasteiger partial charge in [-0.1, -0.05) is 0 Å². The lowest BCUT2D eigenvalue weighted by Crippen LogP contribution is -2.34. The molecule has 5 heteroatoms. The van der Waals surface area contributed by atoms with E-state index in [0.29, 0.717) is 5.76 Å². The number of hydrogen-bond acceptors (Lipinski definition) is 4. The maximum atomic E-state index is 11.5. The average Bonchev–Trinajstić information content (AvgIpc) is 2.70. The van der Waals surface area contributed by atoms with Gasteiger partial charge in [0.1, 0.15) is 5.76 Å². The number of rotatable bonds is 3. The van der Waals surface area contributed by atoms with Crippen molar-refractivity contribution in [1.82, 2.24) is 4.90 Å². The van der Waals surface area contributed by atoms with Gasteiger partial charge in [-0.05, 0) is 12.1 Å². The van der Waals surface area contributed by atoms with Crippen LogP contribution in [-0.2, 0) is 14.3 Å². The quantitative estimate of drug-likeness (QED) is 0.699. The van der Waals surface area contributed by atoms with Crippen molar-refractivity contribution in [2.75, 3.05) is 14.2 Å². The minimum atomic E-state index is -0.817. The first-order valence-corrected chi connectivity index (χ1v) is 4.42. The molecule has 1 aromatic rings. The van der Waals surface area contributed by atoms with Crippen LogP contribution < -0.4 is 0 Å². The van der Waals surface area contributed by atoms with E-state index in [1.54, 1.807) is 12.1 Å². The number of hydrogen-bond donors (Lipinski definition) is 0. The Morgan fingerprint density at radius 3 is 2.60 bits per heavy atom. The molecule has 5 nitrogen and oxygen atoms in total. The molecule has 0 aliphatic rings. The lowest BCUT2D eigenvalue weighted by Gasteiger charge is -2.22. The summed E-state index contributed by atoms with van der Waals surface area (Å²) >= 11 is 0. The molecule has 1 amide bonds. The highest BCUT2D eigenvalue weighted by Gasteiger charge is 2.30. The molecule has 15 heavy (non-hydrogen) atoms. The number of esters is 1. The van der Waals surface area contributed by atoms with Gasteiger partial charge in [0.25, 0.3) is 0 Å². The molecule has 0 N–H and O–H groups in total. The van der Waals surface area contributed by atoms with E-state index in [9.17, 15) is 9.59 Å². The number of carbonyl (C=O) groups is 2. The summed E-state index contributed by atoms with van der Waals surface area (Å²) in [6.45, 7) is 1.37. The van der Waals surface area contributed by atoms with Crippen LogP contribution in [0.15, 0.2) is 22.8 Å². The van der Waals surface area contributed by atoms with Gasteiger partial charge in [-0.2, -0.15) is 0 Å². The van der Waals surface area contributed by atoms with Crippen LogP contribution in [0.1, 0.15) is 18.7 Å². The van der Waals surface area contributed by atoms with Crippen LogP contribution in [0.2, 0.25) is 0 Å². The molecule has 82 valence electrons. The summed E-state index contributed by atoms with van der Waals surface area (Å²) in [5.74, 6) is -0.371. The molecule has 1 unspecified atom stereocenters. The van der Waals surface area contributed by atoms with Crippen molar-refractivity contribution >= 4 is 11.9 Å². The van der Waals surface area contributed by atoms with E-state index in [1.165, 1.54) is 32.2 Å². The Morgan fingerprint density at radius 2 is 2.20 bits per heavy atom. The zero-order chi connectivity index (χ0) is 11.4. The fraction of sp³-hybridized carbons (Fsp3) is 0.400. The van der Waals surface area contributed by atoms with E-state index < -0.39 is 12.0 Å². The summed E-state index contributed by atoms with van der Waals surface area (Å²) in [7, 11) is 2.79. The normalized spacial score (nSPS) is 11.9. The fourth-order valence-electron chi connectivity index (χ4n) is 1.21. The Kier molecular flexibility index (Phi) is 3.49. The summed E-state index contributed by atoms with van der Waals surface area (Å²) in [6, 6.07) is 2.46. The van der Waals surface area contributed by atoms with Crippen molar-refractivity contribution < 1.29 is 18.7 Å². The van der Waals surface area contributed by atoms with E-state index in [4.69, 9.17) is 4.42 Å². The van der Waals surface area contributed by atoms with E-state index in [1.807, 2.05) is 0 Å². The van der Waals surface area contributed by atoms with Gasteiger partial charge in [-0.15, -0.1) is 0 Å². The van der Waals surface area contributed by atoms with E-state index in [2.05, 4.69) is 4.74 Å². The standard InChI is InChI=1S/C10H13NO4/c1-7(12)11(2)9(10(13)14-3)8-5-4-6-15-8/h4-6,9H,1-3H3. The van der Waals surface area contributed by atoms with Gasteiger partial charge in [0.15, 0.2) is 6.04 Å². The van der Waals surface area contributed by atoms with Gasteiger partial charge >= 0.3 is 5.97 Å². The van der Waals surface area contributed by atoms with Crippen molar-refractivity contribution in [2.24, 2.45) is 0 Å². The number of amides is 1. The van der Waals surface area contributed by atoms with Crippen LogP contribution in [0.3, 0.4) is 0 Å². The fourth-order valence-corrected chi connectivity index (χ4v) is 1.21. The molecule has 0 radical (unpaired) electrons. The number of likely N-dealkylation sites (N-methyl/N-ethyl adjacent to an activating group) is 1. The molecule has 1 atom stereocenters. The Balaban J connectivity index is 2.98. The number of nitrogens with zero attached hydrogens (tertiary/aromatic N) is 1. The van der Waals surface area contributed by atoms with Crippen molar-refractivity contribution in [3.05, 3.63) is 24.2 Å². The molecule has 1 rings (SSSR count). The molecular weight excluding hydrogens is 198 g/mol. The topological polar surface area (TPSA) is 59.8 Å². The van der Waals surface area contributed by atoms with Gasteiger partial charge in [-0.3, -0.25) is 4.79 Å². The Bertz CT molecular complexity index is 344. The highest BCUT2D eigenvalue weighted by atomic mass is 16.5. The first-order valence-electron chi connectivity index (χ1n) is 4.42. The summed E-state index contributed by atoms with van der Waals surface area (Å²) < 4.78 is 9.71. The molecule has 1 heterocycles. The molecule has 0 bridgehead atoms. The molecule has 1 aromatic heterocycles. The molecule has 0 aliphatic carbocycles. The minimum Gasteiger partial charge on any atom is -0.467 e. The molecule has 0 aliphatic heterocycles. The van der Waals surface area contributed by atoms with Crippen molar-refractivity contribution in [3.63, 3.8) is 0 Å². The average molecular weight is 211 g/mol.